The van der Waals surface area contributed by atoms with Crippen LogP contribution in [0.2, 0.25) is 0 Å². The van der Waals surface area contributed by atoms with Crippen molar-refractivity contribution in [1.82, 2.24) is 0 Å². The summed E-state index contributed by atoms with van der Waals surface area (Å²) in [6.45, 7) is 5.45. The van der Waals surface area contributed by atoms with Gasteiger partial charge in [-0.2, -0.15) is 0 Å². The third-order valence-electron chi connectivity index (χ3n) is 2.03. The van der Waals surface area contributed by atoms with E-state index in [9.17, 15) is 4.79 Å². The molecule has 0 amide bonds. The SMILES string of the molecule is COc1ccc(OC)c(C(=O)OC(C)(C)C)c1. The molecule has 1 aromatic rings. The molecule has 0 aliphatic carbocycles. The Labute approximate surface area is 101 Å². The van der Waals surface area contributed by atoms with Crippen LogP contribution in [0.1, 0.15) is 31.1 Å². The number of ether oxygens (including phenoxy) is 3. The predicted octanol–water partition coefficient (Wildman–Crippen LogP) is 2.66. The molecule has 0 heterocycles. The Bertz CT molecular complexity index is 404. The summed E-state index contributed by atoms with van der Waals surface area (Å²) in [4.78, 5) is 12.0. The molecule has 1 rings (SSSR count). The monoisotopic (exact) mass is 238 g/mol. The van der Waals surface area contributed by atoms with E-state index in [0.717, 1.165) is 0 Å². The van der Waals surface area contributed by atoms with Crippen LogP contribution in [0, 0.1) is 0 Å². The van der Waals surface area contributed by atoms with Gasteiger partial charge in [0.05, 0.1) is 14.2 Å². The van der Waals surface area contributed by atoms with Gasteiger partial charge in [0.15, 0.2) is 0 Å². The molecule has 0 bridgehead atoms. The highest BCUT2D eigenvalue weighted by atomic mass is 16.6. The highest BCUT2D eigenvalue weighted by molar-refractivity contribution is 5.93. The number of methoxy groups -OCH3 is 2. The molecule has 17 heavy (non-hydrogen) atoms. The first-order valence-electron chi connectivity index (χ1n) is 5.33. The largest absolute Gasteiger partial charge is 0.497 e. The summed E-state index contributed by atoms with van der Waals surface area (Å²) >= 11 is 0. The molecule has 0 unspecified atom stereocenters. The highest BCUT2D eigenvalue weighted by Crippen LogP contribution is 2.26. The molecule has 94 valence electrons. The molecular weight excluding hydrogens is 220 g/mol. The molecule has 0 aliphatic heterocycles. The van der Waals surface area contributed by atoms with E-state index in [-0.39, 0.29) is 0 Å². The molecule has 1 aromatic carbocycles. The van der Waals surface area contributed by atoms with E-state index in [0.29, 0.717) is 17.1 Å². The first-order valence-corrected chi connectivity index (χ1v) is 5.33. The summed E-state index contributed by atoms with van der Waals surface area (Å²) in [6.07, 6.45) is 0. The maximum atomic E-state index is 12.0. The van der Waals surface area contributed by atoms with Crippen molar-refractivity contribution in [3.63, 3.8) is 0 Å². The van der Waals surface area contributed by atoms with Crippen LogP contribution >= 0.6 is 0 Å². The molecule has 0 N–H and O–H groups in total. The van der Waals surface area contributed by atoms with Gasteiger partial charge in [-0.1, -0.05) is 0 Å². The predicted molar refractivity (Wildman–Crippen MR) is 64.7 cm³/mol. The number of hydrogen-bond acceptors (Lipinski definition) is 4. The van der Waals surface area contributed by atoms with Gasteiger partial charge >= 0.3 is 5.97 Å². The number of carbonyl (C=O) groups is 1. The van der Waals surface area contributed by atoms with Crippen molar-refractivity contribution in [2.75, 3.05) is 14.2 Å². The fourth-order valence-electron chi connectivity index (χ4n) is 1.31. The highest BCUT2D eigenvalue weighted by Gasteiger charge is 2.21. The Morgan fingerprint density at radius 3 is 2.24 bits per heavy atom. The Morgan fingerprint density at radius 2 is 1.76 bits per heavy atom. The number of carbonyl (C=O) groups excluding carboxylic acids is 1. The van der Waals surface area contributed by atoms with Crippen LogP contribution in [0.3, 0.4) is 0 Å². The topological polar surface area (TPSA) is 44.8 Å². The molecule has 0 aromatic heterocycles. The van der Waals surface area contributed by atoms with E-state index in [4.69, 9.17) is 14.2 Å². The van der Waals surface area contributed by atoms with Crippen molar-refractivity contribution < 1.29 is 19.0 Å². The van der Waals surface area contributed by atoms with Gasteiger partial charge in [0, 0.05) is 0 Å². The lowest BCUT2D eigenvalue weighted by molar-refractivity contribution is 0.00662. The fraction of sp³-hybridized carbons (Fsp3) is 0.462. The molecule has 0 fully saturated rings. The first-order chi connectivity index (χ1) is 7.87. The van der Waals surface area contributed by atoms with Crippen LogP contribution in [0.4, 0.5) is 0 Å². The van der Waals surface area contributed by atoms with Gasteiger partial charge in [-0.3, -0.25) is 0 Å². The van der Waals surface area contributed by atoms with Crippen LogP contribution in [0.25, 0.3) is 0 Å². The molecule has 0 radical (unpaired) electrons. The normalized spacial score (nSPS) is 10.9. The lowest BCUT2D eigenvalue weighted by atomic mass is 10.1. The number of rotatable bonds is 3. The second-order valence-corrected chi connectivity index (χ2v) is 4.57. The van der Waals surface area contributed by atoms with Gasteiger partial charge in [-0.25, -0.2) is 4.79 Å². The maximum Gasteiger partial charge on any atom is 0.342 e. The zero-order valence-electron chi connectivity index (χ0n) is 10.9. The van der Waals surface area contributed by atoms with E-state index >= 15 is 0 Å². The second-order valence-electron chi connectivity index (χ2n) is 4.57. The zero-order chi connectivity index (χ0) is 13.1. The van der Waals surface area contributed by atoms with Crippen LogP contribution in [-0.4, -0.2) is 25.8 Å². The molecule has 0 aliphatic rings. The lowest BCUT2D eigenvalue weighted by Gasteiger charge is -2.20. The zero-order valence-corrected chi connectivity index (χ0v) is 10.9. The van der Waals surface area contributed by atoms with Crippen molar-refractivity contribution in [2.45, 2.75) is 26.4 Å². The summed E-state index contributed by atoms with van der Waals surface area (Å²) in [5, 5.41) is 0. The van der Waals surface area contributed by atoms with Crippen molar-refractivity contribution in [3.8, 4) is 11.5 Å². The average Bonchev–Trinajstić information content (AvgIpc) is 2.25. The van der Waals surface area contributed by atoms with Gasteiger partial charge in [-0.15, -0.1) is 0 Å². The molecule has 4 heteroatoms. The van der Waals surface area contributed by atoms with E-state index in [1.807, 2.05) is 20.8 Å². The molecule has 4 nitrogen and oxygen atoms in total. The minimum absolute atomic E-state index is 0.363. The lowest BCUT2D eigenvalue weighted by Crippen LogP contribution is -2.24. The summed E-state index contributed by atoms with van der Waals surface area (Å²) in [7, 11) is 3.05. The Kier molecular flexibility index (Phi) is 3.99. The number of esters is 1. The third-order valence-corrected chi connectivity index (χ3v) is 2.03. The number of hydrogen-bond donors (Lipinski definition) is 0. The van der Waals surface area contributed by atoms with Gasteiger partial charge in [-0.05, 0) is 39.0 Å². The maximum absolute atomic E-state index is 12.0. The first kappa shape index (κ1) is 13.4. The Balaban J connectivity index is 3.05. The van der Waals surface area contributed by atoms with Gasteiger partial charge in [0.2, 0.25) is 0 Å². The minimum atomic E-state index is -0.537. The van der Waals surface area contributed by atoms with Crippen molar-refractivity contribution >= 4 is 5.97 Å². The van der Waals surface area contributed by atoms with Crippen LogP contribution in [0.15, 0.2) is 18.2 Å². The van der Waals surface area contributed by atoms with Crippen LogP contribution in [-0.2, 0) is 4.74 Å². The smallest absolute Gasteiger partial charge is 0.342 e. The van der Waals surface area contributed by atoms with E-state index in [1.54, 1.807) is 25.3 Å². The standard InChI is InChI=1S/C13H18O4/c1-13(2,3)17-12(14)10-8-9(15-4)6-7-11(10)16-5/h6-8H,1-5H3. The van der Waals surface area contributed by atoms with Gasteiger partial charge in [0.25, 0.3) is 0 Å². The third kappa shape index (κ3) is 3.66. The Morgan fingerprint density at radius 1 is 1.12 bits per heavy atom. The Hall–Kier alpha value is -1.71. The second kappa shape index (κ2) is 5.08. The fourth-order valence-corrected chi connectivity index (χ4v) is 1.31. The molecular formula is C13H18O4. The molecule has 0 spiro atoms. The van der Waals surface area contributed by atoms with E-state index in [1.165, 1.54) is 7.11 Å². The van der Waals surface area contributed by atoms with E-state index in [2.05, 4.69) is 0 Å². The minimum Gasteiger partial charge on any atom is -0.497 e. The van der Waals surface area contributed by atoms with Gasteiger partial charge < -0.3 is 14.2 Å². The summed E-state index contributed by atoms with van der Waals surface area (Å²) in [6, 6.07) is 5.01. The van der Waals surface area contributed by atoms with Crippen molar-refractivity contribution in [2.24, 2.45) is 0 Å². The van der Waals surface area contributed by atoms with Crippen LogP contribution in [0.5, 0.6) is 11.5 Å². The van der Waals surface area contributed by atoms with Gasteiger partial charge in [0.1, 0.15) is 22.7 Å². The average molecular weight is 238 g/mol. The van der Waals surface area contributed by atoms with E-state index < -0.39 is 11.6 Å². The molecule has 0 saturated heterocycles. The quantitative estimate of drug-likeness (QED) is 0.759. The van der Waals surface area contributed by atoms with Crippen molar-refractivity contribution in [1.29, 1.82) is 0 Å². The molecule has 0 atom stereocenters. The summed E-state index contributed by atoms with van der Waals surface area (Å²) in [5.74, 6) is 0.639. The summed E-state index contributed by atoms with van der Waals surface area (Å²) in [5.41, 5.74) is -0.174. The van der Waals surface area contributed by atoms with Crippen molar-refractivity contribution in [3.05, 3.63) is 23.8 Å². The molecule has 0 saturated carbocycles. The number of benzene rings is 1. The van der Waals surface area contributed by atoms with Crippen LogP contribution < -0.4 is 9.47 Å². The summed E-state index contributed by atoms with van der Waals surface area (Å²) < 4.78 is 15.5.